The summed E-state index contributed by atoms with van der Waals surface area (Å²) in [4.78, 5) is 24.9. The second-order valence-corrected chi connectivity index (χ2v) is 5.83. The molecule has 0 aromatic carbocycles. The highest BCUT2D eigenvalue weighted by molar-refractivity contribution is 7.13. The number of furan rings is 1. The predicted octanol–water partition coefficient (Wildman–Crippen LogP) is 3.25. The quantitative estimate of drug-likeness (QED) is 0.602. The predicted molar refractivity (Wildman–Crippen MR) is 89.5 cm³/mol. The molecule has 0 fully saturated rings. The fourth-order valence-electron chi connectivity index (χ4n) is 2.37. The van der Waals surface area contributed by atoms with Gasteiger partial charge in [-0.2, -0.15) is 4.98 Å². The Kier molecular flexibility index (Phi) is 3.39. The van der Waals surface area contributed by atoms with E-state index < -0.39 is 0 Å². The molecule has 4 rings (SSSR count). The number of hydrogen-bond donors (Lipinski definition) is 2. The minimum Gasteiger partial charge on any atom is -0.467 e. The van der Waals surface area contributed by atoms with E-state index in [-0.39, 0.29) is 5.56 Å². The average molecular weight is 324 g/mol. The van der Waals surface area contributed by atoms with Gasteiger partial charge in [0.25, 0.3) is 5.56 Å². The van der Waals surface area contributed by atoms with Gasteiger partial charge in [-0.1, -0.05) is 6.07 Å². The number of fused-ring (bicyclic) bond motifs is 1. The number of aromatic nitrogens is 3. The van der Waals surface area contributed by atoms with Crippen LogP contribution in [0.3, 0.4) is 0 Å². The van der Waals surface area contributed by atoms with Crippen molar-refractivity contribution in [3.05, 3.63) is 64.3 Å². The van der Waals surface area contributed by atoms with E-state index in [1.165, 1.54) is 0 Å². The van der Waals surface area contributed by atoms with E-state index in [0.29, 0.717) is 23.5 Å². The third-order valence-electron chi connectivity index (χ3n) is 3.40. The molecule has 0 amide bonds. The van der Waals surface area contributed by atoms with Crippen LogP contribution in [-0.2, 0) is 6.54 Å². The molecule has 2 N–H and O–H groups in total. The average Bonchev–Trinajstić information content (AvgIpc) is 3.26. The Hall–Kier alpha value is -2.93. The Labute approximate surface area is 134 Å². The van der Waals surface area contributed by atoms with Crippen LogP contribution in [0.5, 0.6) is 0 Å². The van der Waals surface area contributed by atoms with Gasteiger partial charge in [-0.15, -0.1) is 11.3 Å². The first kappa shape index (κ1) is 13.7. The molecule has 0 bridgehead atoms. The van der Waals surface area contributed by atoms with E-state index in [0.717, 1.165) is 16.2 Å². The van der Waals surface area contributed by atoms with E-state index in [9.17, 15) is 4.79 Å². The van der Waals surface area contributed by atoms with Crippen LogP contribution in [0.25, 0.3) is 21.5 Å². The van der Waals surface area contributed by atoms with Crippen molar-refractivity contribution >= 4 is 28.3 Å². The van der Waals surface area contributed by atoms with Crippen molar-refractivity contribution in [2.45, 2.75) is 6.54 Å². The van der Waals surface area contributed by atoms with Crippen LogP contribution in [0.1, 0.15) is 5.76 Å². The molecule has 0 unspecified atom stereocenters. The van der Waals surface area contributed by atoms with Crippen LogP contribution < -0.4 is 10.9 Å². The first-order valence-corrected chi connectivity index (χ1v) is 7.88. The number of anilines is 1. The number of pyridine rings is 1. The molecule has 4 aromatic rings. The van der Waals surface area contributed by atoms with Crippen molar-refractivity contribution in [2.24, 2.45) is 0 Å². The van der Waals surface area contributed by atoms with Crippen LogP contribution in [-0.4, -0.2) is 15.0 Å². The third-order valence-corrected chi connectivity index (χ3v) is 4.31. The van der Waals surface area contributed by atoms with Gasteiger partial charge in [0.1, 0.15) is 5.76 Å². The van der Waals surface area contributed by atoms with Crippen LogP contribution in [0.4, 0.5) is 5.95 Å². The van der Waals surface area contributed by atoms with Crippen molar-refractivity contribution in [1.29, 1.82) is 0 Å². The second-order valence-electron chi connectivity index (χ2n) is 4.88. The molecule has 114 valence electrons. The summed E-state index contributed by atoms with van der Waals surface area (Å²) in [6, 6.07) is 9.41. The highest BCUT2D eigenvalue weighted by atomic mass is 32.1. The molecule has 0 radical (unpaired) electrons. The first-order valence-electron chi connectivity index (χ1n) is 7.00. The third kappa shape index (κ3) is 2.62. The topological polar surface area (TPSA) is 83.8 Å². The summed E-state index contributed by atoms with van der Waals surface area (Å²) in [6.45, 7) is 0.437. The number of rotatable bonds is 4. The maximum absolute atomic E-state index is 12.5. The zero-order chi connectivity index (χ0) is 15.6. The number of nitrogens with one attached hydrogen (secondary N) is 2. The summed E-state index contributed by atoms with van der Waals surface area (Å²) < 4.78 is 5.24. The zero-order valence-electron chi connectivity index (χ0n) is 11.9. The van der Waals surface area contributed by atoms with Crippen molar-refractivity contribution in [2.75, 3.05) is 5.32 Å². The summed E-state index contributed by atoms with van der Waals surface area (Å²) in [5, 5.41) is 5.51. The molecule has 23 heavy (non-hydrogen) atoms. The lowest BCUT2D eigenvalue weighted by Gasteiger charge is -2.06. The molecule has 4 aromatic heterocycles. The van der Waals surface area contributed by atoms with Gasteiger partial charge in [0.15, 0.2) is 5.65 Å². The molecule has 0 spiro atoms. The number of thiophene rings is 1. The largest absolute Gasteiger partial charge is 0.467 e. The fourth-order valence-corrected chi connectivity index (χ4v) is 3.13. The Balaban J connectivity index is 1.75. The van der Waals surface area contributed by atoms with Gasteiger partial charge in [-0.3, -0.25) is 9.78 Å². The highest BCUT2D eigenvalue weighted by Gasteiger charge is 2.12. The van der Waals surface area contributed by atoms with Crippen molar-refractivity contribution in [3.63, 3.8) is 0 Å². The molecule has 0 aliphatic rings. The van der Waals surface area contributed by atoms with Gasteiger partial charge in [0.2, 0.25) is 5.95 Å². The Bertz CT molecular complexity index is 991. The van der Waals surface area contributed by atoms with E-state index in [4.69, 9.17) is 4.42 Å². The van der Waals surface area contributed by atoms with Crippen LogP contribution in [0.2, 0.25) is 0 Å². The van der Waals surface area contributed by atoms with Gasteiger partial charge in [0.05, 0.1) is 18.2 Å². The molecule has 7 heteroatoms. The summed E-state index contributed by atoms with van der Waals surface area (Å²) in [5.74, 6) is 1.13. The van der Waals surface area contributed by atoms with Gasteiger partial charge in [0, 0.05) is 16.6 Å². The standard InChI is InChI=1S/C16H12N4O2S/c21-15-13-11(12-4-2-8-23-12)5-6-17-14(13)19-16(20-15)18-9-10-3-1-7-22-10/h1-8H,9H2,(H2,17,18,19,20,21). The summed E-state index contributed by atoms with van der Waals surface area (Å²) in [5.41, 5.74) is 1.05. The molecule has 0 aliphatic carbocycles. The smallest absolute Gasteiger partial charge is 0.262 e. The second kappa shape index (κ2) is 5.69. The van der Waals surface area contributed by atoms with Crippen LogP contribution in [0.15, 0.2) is 57.4 Å². The Morgan fingerprint density at radius 2 is 2.22 bits per heavy atom. The van der Waals surface area contributed by atoms with Gasteiger partial charge in [-0.05, 0) is 29.6 Å². The molecule has 0 saturated carbocycles. The molecule has 0 saturated heterocycles. The lowest BCUT2D eigenvalue weighted by Crippen LogP contribution is -2.14. The molecule has 4 heterocycles. The van der Waals surface area contributed by atoms with Crippen molar-refractivity contribution in [3.8, 4) is 10.4 Å². The number of H-pyrrole nitrogens is 1. The molecule has 6 nitrogen and oxygen atoms in total. The fraction of sp³-hybridized carbons (Fsp3) is 0.0625. The monoisotopic (exact) mass is 324 g/mol. The normalized spacial score (nSPS) is 11.0. The van der Waals surface area contributed by atoms with Gasteiger partial charge < -0.3 is 9.73 Å². The van der Waals surface area contributed by atoms with E-state index in [1.807, 2.05) is 35.7 Å². The lowest BCUT2D eigenvalue weighted by molar-refractivity contribution is 0.517. The first-order chi connectivity index (χ1) is 11.3. The molecule has 0 aliphatic heterocycles. The molecule has 0 atom stereocenters. The highest BCUT2D eigenvalue weighted by Crippen LogP contribution is 2.28. The Morgan fingerprint density at radius 3 is 3.00 bits per heavy atom. The summed E-state index contributed by atoms with van der Waals surface area (Å²) in [6.07, 6.45) is 3.27. The number of aromatic amines is 1. The zero-order valence-corrected chi connectivity index (χ0v) is 12.8. The summed E-state index contributed by atoms with van der Waals surface area (Å²) in [7, 11) is 0. The molecular formula is C16H12N4O2S. The minimum absolute atomic E-state index is 0.214. The minimum atomic E-state index is -0.214. The number of nitrogens with zero attached hydrogens (tertiary/aromatic N) is 2. The Morgan fingerprint density at radius 1 is 1.26 bits per heavy atom. The van der Waals surface area contributed by atoms with Crippen LogP contribution in [0, 0.1) is 0 Å². The maximum atomic E-state index is 12.5. The number of hydrogen-bond acceptors (Lipinski definition) is 6. The van der Waals surface area contributed by atoms with E-state index in [2.05, 4.69) is 20.3 Å². The van der Waals surface area contributed by atoms with E-state index in [1.54, 1.807) is 23.8 Å². The van der Waals surface area contributed by atoms with Gasteiger partial charge >= 0.3 is 0 Å². The van der Waals surface area contributed by atoms with E-state index >= 15 is 0 Å². The molecular weight excluding hydrogens is 312 g/mol. The lowest BCUT2D eigenvalue weighted by atomic mass is 10.1. The SMILES string of the molecule is O=c1[nH]c(NCc2ccco2)nc2nccc(-c3cccs3)c12. The van der Waals surface area contributed by atoms with Crippen LogP contribution >= 0.6 is 11.3 Å². The van der Waals surface area contributed by atoms with Crippen molar-refractivity contribution in [1.82, 2.24) is 15.0 Å². The van der Waals surface area contributed by atoms with Gasteiger partial charge in [-0.25, -0.2) is 4.98 Å². The summed E-state index contributed by atoms with van der Waals surface area (Å²) >= 11 is 1.58. The maximum Gasteiger partial charge on any atom is 0.262 e. The van der Waals surface area contributed by atoms with Crippen molar-refractivity contribution < 1.29 is 4.42 Å².